The van der Waals surface area contributed by atoms with E-state index in [2.05, 4.69) is 0 Å². The highest BCUT2D eigenvalue weighted by Crippen LogP contribution is 2.21. The number of aryl methyl sites for hydroxylation is 1. The number of carbonyl (C=O) groups is 1. The van der Waals surface area contributed by atoms with Gasteiger partial charge in [-0.05, 0) is 25.1 Å². The number of ether oxygens (including phenoxy) is 1. The van der Waals surface area contributed by atoms with Gasteiger partial charge in [0.1, 0.15) is 23.9 Å². The predicted octanol–water partition coefficient (Wildman–Crippen LogP) is 2.05. The van der Waals surface area contributed by atoms with Crippen molar-refractivity contribution in [1.29, 1.82) is 0 Å². The molecule has 3 N–H and O–H groups in total. The van der Waals surface area contributed by atoms with Gasteiger partial charge in [0, 0.05) is 6.07 Å². The first kappa shape index (κ1) is 14.0. The zero-order valence-corrected chi connectivity index (χ0v) is 10.6. The number of furan rings is 1. The van der Waals surface area contributed by atoms with Crippen molar-refractivity contribution >= 4 is 5.91 Å². The molecule has 0 radical (unpaired) electrons. The van der Waals surface area contributed by atoms with Crippen molar-refractivity contribution in [3.8, 4) is 5.75 Å². The number of nitrogen functional groups attached to an aromatic ring is 1. The molecule has 7 heteroatoms. The van der Waals surface area contributed by atoms with Crippen molar-refractivity contribution in [3.63, 3.8) is 0 Å². The number of nitrogens with two attached hydrogens (primary N) is 1. The molecule has 1 heterocycles. The lowest BCUT2D eigenvalue weighted by Gasteiger charge is -2.04. The number of halogens is 2. The molecule has 0 unspecified atom stereocenters. The van der Waals surface area contributed by atoms with E-state index in [-0.39, 0.29) is 17.9 Å². The zero-order valence-electron chi connectivity index (χ0n) is 10.6. The largest absolute Gasteiger partial charge is 0.483 e. The van der Waals surface area contributed by atoms with Gasteiger partial charge in [0.2, 0.25) is 0 Å². The van der Waals surface area contributed by atoms with Gasteiger partial charge in [0.05, 0.1) is 5.56 Å². The van der Waals surface area contributed by atoms with E-state index in [1.54, 1.807) is 6.92 Å². The lowest BCUT2D eigenvalue weighted by molar-refractivity contribution is 0.0952. The first-order chi connectivity index (χ1) is 9.51. The SMILES string of the molecule is Cc1oc(COc2ccc(F)cc2F)cc1C(=O)NN. The Balaban J connectivity index is 2.09. The van der Waals surface area contributed by atoms with Crippen LogP contribution < -0.4 is 16.0 Å². The second-order valence-electron chi connectivity index (χ2n) is 4.02. The number of carbonyl (C=O) groups excluding carboxylic acids is 1. The lowest BCUT2D eigenvalue weighted by atomic mass is 10.2. The summed E-state index contributed by atoms with van der Waals surface area (Å²) in [5.41, 5.74) is 2.25. The normalized spacial score (nSPS) is 10.4. The molecule has 0 saturated heterocycles. The molecule has 2 aromatic rings. The minimum absolute atomic E-state index is 0.0960. The summed E-state index contributed by atoms with van der Waals surface area (Å²) in [6.45, 7) is 1.49. The third kappa shape index (κ3) is 2.94. The standard InChI is InChI=1S/C13H12F2N2O3/c1-7-10(13(18)17-16)5-9(20-7)6-19-12-3-2-8(14)4-11(12)15/h2-5H,6,16H2,1H3,(H,17,18). The second kappa shape index (κ2) is 5.70. The van der Waals surface area contributed by atoms with Crippen LogP contribution >= 0.6 is 0 Å². The second-order valence-corrected chi connectivity index (χ2v) is 4.02. The van der Waals surface area contributed by atoms with Crippen LogP contribution in [0.15, 0.2) is 28.7 Å². The molecule has 1 aromatic heterocycles. The Morgan fingerprint density at radius 2 is 2.15 bits per heavy atom. The summed E-state index contributed by atoms with van der Waals surface area (Å²) in [5.74, 6) is 3.61. The number of hydrogen-bond donors (Lipinski definition) is 2. The molecule has 0 aliphatic heterocycles. The fourth-order valence-electron chi connectivity index (χ4n) is 1.66. The number of amides is 1. The highest BCUT2D eigenvalue weighted by Gasteiger charge is 2.14. The maximum absolute atomic E-state index is 13.3. The van der Waals surface area contributed by atoms with Crippen molar-refractivity contribution in [2.75, 3.05) is 0 Å². The highest BCUT2D eigenvalue weighted by atomic mass is 19.1. The van der Waals surface area contributed by atoms with Gasteiger partial charge in [0.25, 0.3) is 5.91 Å². The first-order valence-electron chi connectivity index (χ1n) is 5.69. The molecule has 1 amide bonds. The van der Waals surface area contributed by atoms with E-state index < -0.39 is 17.5 Å². The van der Waals surface area contributed by atoms with E-state index in [0.29, 0.717) is 11.5 Å². The van der Waals surface area contributed by atoms with Crippen molar-refractivity contribution < 1.29 is 22.7 Å². The fraction of sp³-hybridized carbons (Fsp3) is 0.154. The monoisotopic (exact) mass is 282 g/mol. The van der Waals surface area contributed by atoms with Crippen LogP contribution in [0, 0.1) is 18.6 Å². The Labute approximate surface area is 113 Å². The fourth-order valence-corrected chi connectivity index (χ4v) is 1.66. The Hall–Kier alpha value is -2.41. The molecule has 0 atom stereocenters. The van der Waals surface area contributed by atoms with Crippen molar-refractivity contribution in [1.82, 2.24) is 5.43 Å². The molecule has 2 rings (SSSR count). The van der Waals surface area contributed by atoms with Gasteiger partial charge in [-0.1, -0.05) is 0 Å². The van der Waals surface area contributed by atoms with Gasteiger partial charge in [-0.25, -0.2) is 14.6 Å². The first-order valence-corrected chi connectivity index (χ1v) is 5.69. The molecule has 0 spiro atoms. The Kier molecular flexibility index (Phi) is 3.99. The molecule has 0 saturated carbocycles. The summed E-state index contributed by atoms with van der Waals surface area (Å²) in [6.07, 6.45) is 0. The molecule has 1 aromatic carbocycles. The van der Waals surface area contributed by atoms with Crippen LogP contribution in [-0.2, 0) is 6.61 Å². The summed E-state index contributed by atoms with van der Waals surface area (Å²) >= 11 is 0. The van der Waals surface area contributed by atoms with Crippen molar-refractivity contribution in [2.45, 2.75) is 13.5 Å². The van der Waals surface area contributed by atoms with Crippen molar-refractivity contribution in [2.24, 2.45) is 5.84 Å². The third-order valence-electron chi connectivity index (χ3n) is 2.61. The van der Waals surface area contributed by atoms with Gasteiger partial charge in [-0.15, -0.1) is 0 Å². The van der Waals surface area contributed by atoms with Crippen LogP contribution in [0.3, 0.4) is 0 Å². The maximum atomic E-state index is 13.3. The summed E-state index contributed by atoms with van der Waals surface area (Å²) in [6, 6.07) is 4.42. The minimum atomic E-state index is -0.812. The highest BCUT2D eigenvalue weighted by molar-refractivity contribution is 5.94. The van der Waals surface area contributed by atoms with Crippen LogP contribution in [0.4, 0.5) is 8.78 Å². The molecule has 0 fully saturated rings. The predicted molar refractivity (Wildman–Crippen MR) is 65.8 cm³/mol. The Morgan fingerprint density at radius 3 is 2.80 bits per heavy atom. The zero-order chi connectivity index (χ0) is 14.7. The number of nitrogens with one attached hydrogen (secondary N) is 1. The van der Waals surface area contributed by atoms with Gasteiger partial charge >= 0.3 is 0 Å². The van der Waals surface area contributed by atoms with E-state index >= 15 is 0 Å². The Morgan fingerprint density at radius 1 is 1.40 bits per heavy atom. The van der Waals surface area contributed by atoms with Gasteiger partial charge < -0.3 is 9.15 Å². The van der Waals surface area contributed by atoms with E-state index in [1.807, 2.05) is 5.43 Å². The topological polar surface area (TPSA) is 77.5 Å². The molecule has 20 heavy (non-hydrogen) atoms. The summed E-state index contributed by atoms with van der Waals surface area (Å²) in [4.78, 5) is 11.4. The molecular formula is C13H12F2N2O3. The Bertz CT molecular complexity index is 641. The van der Waals surface area contributed by atoms with Crippen LogP contribution in [0.2, 0.25) is 0 Å². The average molecular weight is 282 g/mol. The minimum Gasteiger partial charge on any atom is -0.483 e. The summed E-state index contributed by atoms with van der Waals surface area (Å²) in [7, 11) is 0. The number of hydrogen-bond acceptors (Lipinski definition) is 4. The van der Waals surface area contributed by atoms with Crippen LogP contribution in [-0.4, -0.2) is 5.91 Å². The number of hydrazine groups is 1. The van der Waals surface area contributed by atoms with E-state index in [1.165, 1.54) is 12.1 Å². The summed E-state index contributed by atoms with van der Waals surface area (Å²) in [5, 5.41) is 0. The van der Waals surface area contributed by atoms with E-state index in [9.17, 15) is 13.6 Å². The smallest absolute Gasteiger partial charge is 0.268 e. The molecular weight excluding hydrogens is 270 g/mol. The van der Waals surface area contributed by atoms with Crippen LogP contribution in [0.25, 0.3) is 0 Å². The van der Waals surface area contributed by atoms with Gasteiger partial charge in [0.15, 0.2) is 11.6 Å². The average Bonchev–Trinajstić information content (AvgIpc) is 2.78. The maximum Gasteiger partial charge on any atom is 0.268 e. The van der Waals surface area contributed by atoms with Gasteiger partial charge in [-0.2, -0.15) is 0 Å². The van der Waals surface area contributed by atoms with Crippen LogP contribution in [0.5, 0.6) is 5.75 Å². The molecule has 106 valence electrons. The van der Waals surface area contributed by atoms with E-state index in [4.69, 9.17) is 15.0 Å². The van der Waals surface area contributed by atoms with E-state index in [0.717, 1.165) is 12.1 Å². The number of rotatable bonds is 4. The molecule has 0 aliphatic carbocycles. The lowest BCUT2D eigenvalue weighted by Crippen LogP contribution is -2.30. The number of benzene rings is 1. The van der Waals surface area contributed by atoms with Gasteiger partial charge in [-0.3, -0.25) is 10.2 Å². The summed E-state index contributed by atoms with van der Waals surface area (Å²) < 4.78 is 36.5. The van der Waals surface area contributed by atoms with Crippen LogP contribution in [0.1, 0.15) is 21.9 Å². The molecule has 0 aliphatic rings. The van der Waals surface area contributed by atoms with Crippen molar-refractivity contribution in [3.05, 3.63) is 53.0 Å². The third-order valence-corrected chi connectivity index (χ3v) is 2.61. The molecule has 5 nitrogen and oxygen atoms in total. The molecule has 0 bridgehead atoms. The quantitative estimate of drug-likeness (QED) is 0.511.